The lowest BCUT2D eigenvalue weighted by Crippen LogP contribution is -2.55. The minimum atomic E-state index is -4.34. The molecule has 0 bridgehead atoms. The predicted octanol–water partition coefficient (Wildman–Crippen LogP) is 6.45. The average molecular weight is 653 g/mol. The summed E-state index contributed by atoms with van der Waals surface area (Å²) in [5, 5.41) is 3.47. The van der Waals surface area contributed by atoms with E-state index in [4.69, 9.17) is 27.9 Å². The standard InChI is InChI=1S/C31H36Cl2FN3O5S/c1-6-28(30(39)35-31(3,4)5)36(19-25-26(32)9-8-10-27(25)33)29(38)20-37(22-13-11-21(34)12-14-22)43(40,41)24-17-15-23(16-18-24)42-7-2/h8-18,28H,6-7,19-20H2,1-5H3,(H,35,39). The van der Waals surface area contributed by atoms with Gasteiger partial charge in [-0.1, -0.05) is 36.2 Å². The zero-order valence-corrected chi connectivity index (χ0v) is 27.1. The summed E-state index contributed by atoms with van der Waals surface area (Å²) in [5.41, 5.74) is -0.131. The van der Waals surface area contributed by atoms with E-state index in [1.54, 1.807) is 32.0 Å². The van der Waals surface area contributed by atoms with Gasteiger partial charge in [-0.25, -0.2) is 12.8 Å². The average Bonchev–Trinajstić information content (AvgIpc) is 2.93. The quantitative estimate of drug-likeness (QED) is 0.243. The number of sulfonamides is 1. The van der Waals surface area contributed by atoms with Crippen LogP contribution < -0.4 is 14.4 Å². The summed E-state index contributed by atoms with van der Waals surface area (Å²) in [4.78, 5) is 28.8. The number of nitrogens with one attached hydrogen (secondary N) is 1. The molecular weight excluding hydrogens is 616 g/mol. The first-order valence-electron chi connectivity index (χ1n) is 13.7. The number of carbonyl (C=O) groups excluding carboxylic acids is 2. The summed E-state index contributed by atoms with van der Waals surface area (Å²) in [5.74, 6) is -1.21. The molecule has 3 rings (SSSR count). The fraction of sp³-hybridized carbons (Fsp3) is 0.355. The van der Waals surface area contributed by atoms with Crippen LogP contribution in [-0.2, 0) is 26.2 Å². The van der Waals surface area contributed by atoms with E-state index >= 15 is 0 Å². The number of rotatable bonds is 12. The molecule has 2 amide bonds. The van der Waals surface area contributed by atoms with Gasteiger partial charge < -0.3 is 15.0 Å². The largest absolute Gasteiger partial charge is 0.494 e. The molecule has 0 aliphatic rings. The summed E-state index contributed by atoms with van der Waals surface area (Å²) < 4.78 is 48.1. The smallest absolute Gasteiger partial charge is 0.264 e. The van der Waals surface area contributed by atoms with Crippen molar-refractivity contribution in [1.82, 2.24) is 10.2 Å². The summed E-state index contributed by atoms with van der Waals surface area (Å²) in [6, 6.07) is 14.4. The molecule has 0 aromatic heterocycles. The van der Waals surface area contributed by atoms with E-state index in [2.05, 4.69) is 5.32 Å². The number of halogens is 3. The van der Waals surface area contributed by atoms with Crippen LogP contribution in [0.1, 0.15) is 46.6 Å². The molecule has 0 aliphatic carbocycles. The second-order valence-corrected chi connectivity index (χ2v) is 13.5. The van der Waals surface area contributed by atoms with Crippen LogP contribution in [0.5, 0.6) is 5.75 Å². The van der Waals surface area contributed by atoms with Gasteiger partial charge in [0, 0.05) is 27.7 Å². The van der Waals surface area contributed by atoms with E-state index < -0.39 is 45.8 Å². The Labute approximate surface area is 262 Å². The van der Waals surface area contributed by atoms with Crippen LogP contribution in [-0.4, -0.2) is 49.9 Å². The number of benzene rings is 3. The van der Waals surface area contributed by atoms with Crippen molar-refractivity contribution in [3.63, 3.8) is 0 Å². The van der Waals surface area contributed by atoms with Gasteiger partial charge in [-0.15, -0.1) is 0 Å². The van der Waals surface area contributed by atoms with Gasteiger partial charge in [0.1, 0.15) is 24.2 Å². The van der Waals surface area contributed by atoms with E-state index in [9.17, 15) is 22.4 Å². The van der Waals surface area contributed by atoms with Crippen molar-refractivity contribution in [2.45, 2.75) is 64.1 Å². The zero-order valence-electron chi connectivity index (χ0n) is 24.7. The normalized spacial score (nSPS) is 12.4. The predicted molar refractivity (Wildman–Crippen MR) is 168 cm³/mol. The molecule has 232 valence electrons. The lowest BCUT2D eigenvalue weighted by molar-refractivity contribution is -0.141. The van der Waals surface area contributed by atoms with Crippen molar-refractivity contribution in [1.29, 1.82) is 0 Å². The number of hydrogen-bond donors (Lipinski definition) is 1. The Hall–Kier alpha value is -3.34. The summed E-state index contributed by atoms with van der Waals surface area (Å²) in [6.45, 7) is 8.54. The number of anilines is 1. The number of amides is 2. The molecule has 0 radical (unpaired) electrons. The highest BCUT2D eigenvalue weighted by molar-refractivity contribution is 7.92. The summed E-state index contributed by atoms with van der Waals surface area (Å²) in [6.07, 6.45) is 0.220. The van der Waals surface area contributed by atoms with Crippen LogP contribution >= 0.6 is 23.2 Å². The molecule has 0 aliphatic heterocycles. The van der Waals surface area contributed by atoms with Crippen LogP contribution in [0.15, 0.2) is 71.6 Å². The van der Waals surface area contributed by atoms with Gasteiger partial charge in [-0.2, -0.15) is 0 Å². The first-order chi connectivity index (χ1) is 20.2. The monoisotopic (exact) mass is 651 g/mol. The van der Waals surface area contributed by atoms with Gasteiger partial charge >= 0.3 is 0 Å². The van der Waals surface area contributed by atoms with E-state index in [-0.39, 0.29) is 33.6 Å². The molecule has 0 spiro atoms. The van der Waals surface area contributed by atoms with Gasteiger partial charge in [0.25, 0.3) is 10.0 Å². The second-order valence-electron chi connectivity index (χ2n) is 10.8. The maximum atomic E-state index is 14.2. The molecule has 3 aromatic rings. The van der Waals surface area contributed by atoms with E-state index in [0.717, 1.165) is 16.4 Å². The third kappa shape index (κ3) is 8.84. The fourth-order valence-electron chi connectivity index (χ4n) is 4.36. The summed E-state index contributed by atoms with van der Waals surface area (Å²) in [7, 11) is -4.34. The molecule has 1 unspecified atom stereocenters. The third-order valence-electron chi connectivity index (χ3n) is 6.39. The van der Waals surface area contributed by atoms with Crippen LogP contribution in [0, 0.1) is 5.82 Å². The van der Waals surface area contributed by atoms with Crippen molar-refractivity contribution in [2.75, 3.05) is 17.5 Å². The molecule has 0 heterocycles. The third-order valence-corrected chi connectivity index (χ3v) is 8.89. The van der Waals surface area contributed by atoms with Gasteiger partial charge in [-0.3, -0.25) is 13.9 Å². The molecule has 3 aromatic carbocycles. The van der Waals surface area contributed by atoms with Crippen molar-refractivity contribution >= 4 is 50.7 Å². The Balaban J connectivity index is 2.10. The van der Waals surface area contributed by atoms with Crippen molar-refractivity contribution < 1.29 is 27.1 Å². The van der Waals surface area contributed by atoms with Crippen LogP contribution in [0.2, 0.25) is 10.0 Å². The van der Waals surface area contributed by atoms with Crippen LogP contribution in [0.25, 0.3) is 0 Å². The molecule has 12 heteroatoms. The van der Waals surface area contributed by atoms with Crippen molar-refractivity contribution in [3.8, 4) is 5.75 Å². The van der Waals surface area contributed by atoms with E-state index in [1.807, 2.05) is 20.8 Å². The lowest BCUT2D eigenvalue weighted by Gasteiger charge is -2.35. The Morgan fingerprint density at radius 3 is 2.05 bits per heavy atom. The highest BCUT2D eigenvalue weighted by Gasteiger charge is 2.35. The maximum Gasteiger partial charge on any atom is 0.264 e. The van der Waals surface area contributed by atoms with Gasteiger partial charge in [0.15, 0.2) is 0 Å². The molecule has 0 saturated heterocycles. The molecule has 0 saturated carbocycles. The topological polar surface area (TPSA) is 96.0 Å². The van der Waals surface area contributed by atoms with Crippen LogP contribution in [0.3, 0.4) is 0 Å². The van der Waals surface area contributed by atoms with Crippen molar-refractivity contribution in [2.24, 2.45) is 0 Å². The van der Waals surface area contributed by atoms with Gasteiger partial charge in [0.2, 0.25) is 11.8 Å². The van der Waals surface area contributed by atoms with E-state index in [1.165, 1.54) is 41.3 Å². The highest BCUT2D eigenvalue weighted by Crippen LogP contribution is 2.29. The van der Waals surface area contributed by atoms with E-state index in [0.29, 0.717) is 17.9 Å². The molecule has 0 fully saturated rings. The molecule has 43 heavy (non-hydrogen) atoms. The minimum absolute atomic E-state index is 0.0616. The Kier molecular flexibility index (Phi) is 11.5. The van der Waals surface area contributed by atoms with Crippen molar-refractivity contribution in [3.05, 3.63) is 88.2 Å². The Morgan fingerprint density at radius 1 is 0.953 bits per heavy atom. The molecular formula is C31H36Cl2FN3O5S. The molecule has 8 nitrogen and oxygen atoms in total. The number of ether oxygens (including phenoxy) is 1. The number of nitrogens with zero attached hydrogens (tertiary/aromatic N) is 2. The van der Waals surface area contributed by atoms with Crippen LogP contribution in [0.4, 0.5) is 10.1 Å². The minimum Gasteiger partial charge on any atom is -0.494 e. The summed E-state index contributed by atoms with van der Waals surface area (Å²) >= 11 is 12.9. The second kappa shape index (κ2) is 14.4. The molecule has 1 N–H and O–H groups in total. The SMILES string of the molecule is CCOc1ccc(S(=O)(=O)N(CC(=O)N(Cc2c(Cl)cccc2Cl)C(CC)C(=O)NC(C)(C)C)c2ccc(F)cc2)cc1. The lowest BCUT2D eigenvalue weighted by atomic mass is 10.1. The number of hydrogen-bond acceptors (Lipinski definition) is 5. The number of carbonyl (C=O) groups is 2. The van der Waals surface area contributed by atoms with Gasteiger partial charge in [-0.05, 0) is 94.8 Å². The highest BCUT2D eigenvalue weighted by atomic mass is 35.5. The first-order valence-corrected chi connectivity index (χ1v) is 15.9. The Bertz CT molecular complexity index is 1510. The zero-order chi connectivity index (χ0) is 31.9. The molecule has 1 atom stereocenters. The Morgan fingerprint density at radius 2 is 1.53 bits per heavy atom. The first kappa shape index (κ1) is 34.2. The van der Waals surface area contributed by atoms with Gasteiger partial charge in [0.05, 0.1) is 17.2 Å². The maximum absolute atomic E-state index is 14.2. The fourth-order valence-corrected chi connectivity index (χ4v) is 6.30.